The van der Waals surface area contributed by atoms with Gasteiger partial charge in [0.15, 0.2) is 16.6 Å². The van der Waals surface area contributed by atoms with Crippen LogP contribution in [0.3, 0.4) is 0 Å². The summed E-state index contributed by atoms with van der Waals surface area (Å²) in [6.07, 6.45) is 28.3. The summed E-state index contributed by atoms with van der Waals surface area (Å²) in [4.78, 5) is 33.6. The molecule has 8 aromatic rings. The molecule has 7 nitrogen and oxygen atoms in total. The predicted molar refractivity (Wildman–Crippen MR) is 473 cm³/mol. The van der Waals surface area contributed by atoms with Crippen molar-refractivity contribution in [3.05, 3.63) is 303 Å². The second kappa shape index (κ2) is 33.6. The molecule has 111 heavy (non-hydrogen) atoms. The van der Waals surface area contributed by atoms with Crippen molar-refractivity contribution >= 4 is 75.0 Å². The highest BCUT2D eigenvalue weighted by Crippen LogP contribution is 2.50. The van der Waals surface area contributed by atoms with E-state index in [-0.39, 0.29) is 11.8 Å². The molecule has 0 aliphatic heterocycles. The van der Waals surface area contributed by atoms with Crippen LogP contribution < -0.4 is 0 Å². The van der Waals surface area contributed by atoms with E-state index in [1.807, 2.05) is 6.07 Å². The Morgan fingerprint density at radius 3 is 0.982 bits per heavy atom. The fourth-order valence-corrected chi connectivity index (χ4v) is 31.2. The van der Waals surface area contributed by atoms with Crippen molar-refractivity contribution in [2.24, 2.45) is 29.6 Å². The van der Waals surface area contributed by atoms with Gasteiger partial charge in [0.1, 0.15) is 0 Å². The summed E-state index contributed by atoms with van der Waals surface area (Å²) in [5, 5.41) is 27.6. The van der Waals surface area contributed by atoms with Crippen LogP contribution in [0.2, 0.25) is 76.6 Å². The maximum atomic E-state index is 12.5. The fraction of sp³-hybridized carbons (Fsp3) is 0.410. The van der Waals surface area contributed by atoms with Crippen molar-refractivity contribution in [2.75, 3.05) is 0 Å². The summed E-state index contributed by atoms with van der Waals surface area (Å²) in [5.74, 6) is 1.43. The second-order valence-electron chi connectivity index (χ2n) is 37.9. The van der Waals surface area contributed by atoms with Crippen LogP contribution in [0, 0.1) is 36.5 Å². The van der Waals surface area contributed by atoms with Crippen molar-refractivity contribution in [1.82, 2.24) is 0 Å². The lowest BCUT2D eigenvalue weighted by Gasteiger charge is -2.41. The van der Waals surface area contributed by atoms with Gasteiger partial charge in [-0.2, -0.15) is 0 Å². The third kappa shape index (κ3) is 19.8. The van der Waals surface area contributed by atoms with E-state index in [1.165, 1.54) is 158 Å². The summed E-state index contributed by atoms with van der Waals surface area (Å²) in [6.45, 7) is 36.1. The average Bonchev–Trinajstić information content (AvgIpc) is 0.761. The van der Waals surface area contributed by atoms with E-state index in [1.54, 1.807) is 40.0 Å². The Morgan fingerprint density at radius 2 is 0.622 bits per heavy atom. The fourth-order valence-electron chi connectivity index (χ4n) is 19.3. The quantitative estimate of drug-likeness (QED) is 0.0651. The zero-order chi connectivity index (χ0) is 79.0. The molecule has 0 aromatic heterocycles. The van der Waals surface area contributed by atoms with Gasteiger partial charge < -0.3 is 19.4 Å². The lowest BCUT2D eigenvalue weighted by atomic mass is 9.71. The number of hydrogen-bond acceptors (Lipinski definition) is 4. The molecule has 0 bridgehead atoms. The Balaban J connectivity index is 0.000000137. The smallest absolute Gasteiger partial charge is 0.328 e. The summed E-state index contributed by atoms with van der Waals surface area (Å²) in [5.41, 5.74) is 39.7. The van der Waals surface area contributed by atoms with Gasteiger partial charge in [-0.25, -0.2) is 9.59 Å². The van der Waals surface area contributed by atoms with E-state index in [4.69, 9.17) is 14.3 Å². The van der Waals surface area contributed by atoms with E-state index in [2.05, 4.69) is 263 Å². The Morgan fingerprint density at radius 1 is 0.324 bits per heavy atom. The number of hydrogen-bond donors (Lipinski definition) is 3. The molecule has 3 N–H and O–H groups in total. The number of aliphatic carboxylic acids is 3. The molecule has 0 radical (unpaired) electrons. The van der Waals surface area contributed by atoms with Gasteiger partial charge in [0.2, 0.25) is 0 Å². The summed E-state index contributed by atoms with van der Waals surface area (Å²) >= 11 is 0. The van der Waals surface area contributed by atoms with Crippen LogP contribution in [0.1, 0.15) is 179 Å². The van der Waals surface area contributed by atoms with Crippen molar-refractivity contribution < 1.29 is 33.8 Å². The first-order valence-electron chi connectivity index (χ1n) is 41.7. The van der Waals surface area contributed by atoms with Crippen LogP contribution in [0.5, 0.6) is 0 Å². The minimum atomic E-state index is -1.85. The van der Waals surface area contributed by atoms with Crippen LogP contribution in [0.15, 0.2) is 169 Å². The topological polar surface area (TPSA) is 121 Å². The number of rotatable bonds is 16. The van der Waals surface area contributed by atoms with Gasteiger partial charge in [-0.05, 0) is 323 Å². The summed E-state index contributed by atoms with van der Waals surface area (Å²) in [7, 11) is -6.57. The number of carboxylic acid groups (broad SMARTS) is 3. The average molecular weight is 1550 g/mol. The largest absolute Gasteiger partial charge is 0.481 e. The first-order chi connectivity index (χ1) is 52.6. The lowest BCUT2D eigenvalue weighted by molar-refractivity contribution is -0.142. The van der Waals surface area contributed by atoms with Crippen molar-refractivity contribution in [2.45, 2.75) is 232 Å². The molecule has 0 heterocycles. The molecule has 11 heteroatoms. The van der Waals surface area contributed by atoms with Crippen LogP contribution >= 0.6 is 0 Å². The lowest BCUT2D eigenvalue weighted by Crippen LogP contribution is -2.42. The van der Waals surface area contributed by atoms with Gasteiger partial charge in [0.05, 0.1) is 5.92 Å². The van der Waals surface area contributed by atoms with E-state index in [0.717, 1.165) is 79.7 Å². The number of benzene rings is 8. The summed E-state index contributed by atoms with van der Waals surface area (Å²) < 4.78 is 6.71. The Bertz CT molecular complexity index is 4860. The maximum absolute atomic E-state index is 12.5. The molecular weight excluding hydrogens is 1430 g/mol. The molecule has 8 aliphatic rings. The minimum Gasteiger partial charge on any atom is -0.481 e. The van der Waals surface area contributed by atoms with Crippen molar-refractivity contribution in [1.29, 1.82) is 0 Å². The zero-order valence-corrected chi connectivity index (χ0v) is 73.0. The standard InChI is InChI=1S/C37H46O2Si.C28H36O2Si.C24H30OSi2.C11H10O2/c1-22-7-8-26-18-33(35(37(38)39)20-30(26)13-22)28-11-10-27-19-34(36(40(4,5)6)21-32(27)16-28)29-12-9-25-14-23(2)24(3)15-31(25)17-29;1-18-12-21-9-10-23(15-24(21)13-19(18)2)26-16-22-8-6-20(7-11-28(29)30)14-25(22)17-27(26)31(3,4)5;1-26(2,15-13-19-5-7-21-9-11-23(21)17-19)25-27(3,4)16-14-20-6-8-22-10-12-24(22)18-20;12-11(13)6-2-8-1-3-9-4-5-10(9)7-8/h7-13,16-17,23-24,33-36H,14-15,18-21H2,1-6H3,(H,38,39);6-11,14-15,18-19,26-27H,12-13,16-17H2,1-5H3,(H,29,30);5-8,13-18H,9-12H2,1-4H3;1-3,6-7H,4-5H2,(H,12,13)/b;11-7+;15-13+,16-14+;6-2+. The van der Waals surface area contributed by atoms with Crippen LogP contribution in [-0.4, -0.2) is 66.0 Å². The van der Waals surface area contributed by atoms with Crippen LogP contribution in [-0.2, 0) is 121 Å². The van der Waals surface area contributed by atoms with Crippen molar-refractivity contribution in [3.8, 4) is 0 Å². The van der Waals surface area contributed by atoms with Gasteiger partial charge in [-0.1, -0.05) is 242 Å². The third-order valence-electron chi connectivity index (χ3n) is 26.7. The Hall–Kier alpha value is -8.04. The highest BCUT2D eigenvalue weighted by atomic mass is 28.4. The van der Waals surface area contributed by atoms with E-state index >= 15 is 0 Å². The molecule has 580 valence electrons. The maximum Gasteiger partial charge on any atom is 0.328 e. The Kier molecular flexibility index (Phi) is 24.5. The van der Waals surface area contributed by atoms with Crippen LogP contribution in [0.25, 0.3) is 24.3 Å². The molecule has 10 atom stereocenters. The van der Waals surface area contributed by atoms with Gasteiger partial charge in [-0.15, -0.1) is 0 Å². The second-order valence-corrected chi connectivity index (χ2v) is 56.8. The molecule has 8 aromatic carbocycles. The number of fused-ring (bicyclic) bond motifs is 8. The molecule has 0 spiro atoms. The van der Waals surface area contributed by atoms with Gasteiger partial charge in [0.25, 0.3) is 0 Å². The SMILES string of the molecule is CC1Cc2ccc(C3Cc4ccc(/C=C/C(=O)O)cc4CC3[Si](C)(C)C)cc2CC1C.C[Si](C)(/C=C/c1ccc2c(c1)CC2)O[Si](C)(C)/C=C/c1ccc2c(c1)CC2.Cc1ccc2c(c1)CC(C(=O)O)C(c1ccc3c(c1)CC([Si](C)(C)C)C(c1ccc4c(c1)CC(C)C(C)C4)C3)C2.O=C(O)/C=C/c1ccc2c(c1)CC2. The van der Waals surface area contributed by atoms with E-state index < -0.39 is 50.7 Å². The molecule has 10 unspecified atom stereocenters. The summed E-state index contributed by atoms with van der Waals surface area (Å²) in [6, 6.07) is 54.8. The molecule has 0 saturated carbocycles. The monoisotopic (exact) mass is 1550 g/mol. The van der Waals surface area contributed by atoms with E-state index in [0.29, 0.717) is 29.3 Å². The van der Waals surface area contributed by atoms with Crippen molar-refractivity contribution in [3.63, 3.8) is 0 Å². The highest BCUT2D eigenvalue weighted by molar-refractivity contribution is 6.90. The molecule has 0 amide bonds. The first kappa shape index (κ1) is 81.0. The van der Waals surface area contributed by atoms with Gasteiger partial charge >= 0.3 is 17.9 Å². The predicted octanol–water partition coefficient (Wildman–Crippen LogP) is 23.3. The van der Waals surface area contributed by atoms with Gasteiger partial charge in [-0.3, -0.25) is 4.79 Å². The highest BCUT2D eigenvalue weighted by Gasteiger charge is 2.42. The number of aryl methyl sites for hydroxylation is 7. The number of carboxylic acids is 3. The molecular formula is C100H122O7Si4. The number of carbonyl (C=O) groups is 3. The molecule has 16 rings (SSSR count). The zero-order valence-electron chi connectivity index (χ0n) is 69.0. The third-order valence-corrected chi connectivity index (χ3v) is 38.5. The minimum absolute atomic E-state index is 0.0334. The van der Waals surface area contributed by atoms with E-state index in [9.17, 15) is 19.5 Å². The molecule has 0 saturated heterocycles. The van der Waals surface area contributed by atoms with Crippen LogP contribution in [0.4, 0.5) is 0 Å². The Labute approximate surface area is 668 Å². The first-order valence-corrected chi connectivity index (χ1v) is 54.8. The van der Waals surface area contributed by atoms with Gasteiger partial charge in [0, 0.05) is 34.2 Å². The molecule has 0 fully saturated rings. The molecule has 8 aliphatic carbocycles. The normalized spacial score (nSPS) is 22.8.